The predicted molar refractivity (Wildman–Crippen MR) is 97.9 cm³/mol. The molecule has 1 heterocycles. The van der Waals surface area contributed by atoms with Gasteiger partial charge in [-0.2, -0.15) is 0 Å². The van der Waals surface area contributed by atoms with E-state index in [0.717, 1.165) is 17.7 Å². The third kappa shape index (κ3) is 5.03. The molecule has 0 aliphatic heterocycles. The second kappa shape index (κ2) is 8.62. The maximum atomic E-state index is 12.4. The van der Waals surface area contributed by atoms with Crippen molar-refractivity contribution < 1.29 is 14.3 Å². The number of benzene rings is 1. The minimum Gasteiger partial charge on any atom is -0.449 e. The molecule has 1 amide bonds. The van der Waals surface area contributed by atoms with Crippen LogP contribution in [0.4, 0.5) is 5.69 Å². The number of esters is 1. The Balaban J connectivity index is 2.03. The summed E-state index contributed by atoms with van der Waals surface area (Å²) in [6.07, 6.45) is 1.34. The molecule has 6 heteroatoms. The summed E-state index contributed by atoms with van der Waals surface area (Å²) in [6, 6.07) is 10.6. The van der Waals surface area contributed by atoms with Crippen LogP contribution in [-0.4, -0.2) is 23.0 Å². The number of nitrogens with zero attached hydrogens (tertiary/aromatic N) is 1. The van der Waals surface area contributed by atoms with E-state index in [1.807, 2.05) is 24.3 Å². The summed E-state index contributed by atoms with van der Waals surface area (Å²) >= 11 is 5.69. The van der Waals surface area contributed by atoms with Gasteiger partial charge >= 0.3 is 5.97 Å². The monoisotopic (exact) mass is 360 g/mol. The Morgan fingerprint density at radius 3 is 2.56 bits per heavy atom. The zero-order chi connectivity index (χ0) is 18.4. The van der Waals surface area contributed by atoms with Gasteiger partial charge in [-0.15, -0.1) is 0 Å². The number of carbonyl (C=O) groups excluding carboxylic acids is 2. The zero-order valence-corrected chi connectivity index (χ0v) is 15.2. The Morgan fingerprint density at radius 1 is 1.20 bits per heavy atom. The van der Waals surface area contributed by atoms with Gasteiger partial charge in [0.05, 0.1) is 5.56 Å². The van der Waals surface area contributed by atoms with Gasteiger partial charge in [-0.3, -0.25) is 4.79 Å². The standard InChI is InChI=1S/C19H21ClN2O3/c1-4-12(2)15-7-5-6-8-16(15)22-18(23)13(3)25-19(24)14-9-10-17(20)21-11-14/h5-13H,4H2,1-3H3,(H,22,23)/t12-,13+/m0/s1. The van der Waals surface area contributed by atoms with Gasteiger partial charge in [0.2, 0.25) is 0 Å². The van der Waals surface area contributed by atoms with Crippen molar-refractivity contribution in [3.8, 4) is 0 Å². The lowest BCUT2D eigenvalue weighted by Crippen LogP contribution is -2.30. The van der Waals surface area contributed by atoms with Crippen LogP contribution in [0.2, 0.25) is 5.15 Å². The van der Waals surface area contributed by atoms with Gasteiger partial charge in [0.1, 0.15) is 5.15 Å². The van der Waals surface area contributed by atoms with Crippen LogP contribution >= 0.6 is 11.6 Å². The molecule has 25 heavy (non-hydrogen) atoms. The van der Waals surface area contributed by atoms with E-state index in [9.17, 15) is 9.59 Å². The topological polar surface area (TPSA) is 68.3 Å². The first-order valence-corrected chi connectivity index (χ1v) is 8.52. The highest BCUT2D eigenvalue weighted by atomic mass is 35.5. The second-order valence-electron chi connectivity index (χ2n) is 5.80. The van der Waals surface area contributed by atoms with Crippen LogP contribution in [0.5, 0.6) is 0 Å². The molecule has 0 bridgehead atoms. The molecule has 0 aliphatic carbocycles. The number of rotatable bonds is 6. The van der Waals surface area contributed by atoms with Gasteiger partial charge < -0.3 is 10.1 Å². The highest BCUT2D eigenvalue weighted by Crippen LogP contribution is 2.26. The third-order valence-electron chi connectivity index (χ3n) is 3.98. The summed E-state index contributed by atoms with van der Waals surface area (Å²) in [4.78, 5) is 28.3. The first-order valence-electron chi connectivity index (χ1n) is 8.14. The molecule has 0 spiro atoms. The fourth-order valence-electron chi connectivity index (χ4n) is 2.27. The average Bonchev–Trinajstić information content (AvgIpc) is 2.61. The number of aromatic nitrogens is 1. The lowest BCUT2D eigenvalue weighted by atomic mass is 9.97. The van der Waals surface area contributed by atoms with E-state index in [2.05, 4.69) is 24.1 Å². The van der Waals surface area contributed by atoms with Crippen molar-refractivity contribution in [2.24, 2.45) is 0 Å². The molecule has 2 aromatic rings. The summed E-state index contributed by atoms with van der Waals surface area (Å²) in [6.45, 7) is 5.72. The molecule has 0 saturated carbocycles. The van der Waals surface area contributed by atoms with Crippen molar-refractivity contribution in [1.82, 2.24) is 4.98 Å². The molecule has 0 saturated heterocycles. The average molecular weight is 361 g/mol. The first kappa shape index (κ1) is 18.9. The van der Waals surface area contributed by atoms with Crippen LogP contribution in [-0.2, 0) is 9.53 Å². The fraction of sp³-hybridized carbons (Fsp3) is 0.316. The van der Waals surface area contributed by atoms with Crippen molar-refractivity contribution in [2.45, 2.75) is 39.2 Å². The van der Waals surface area contributed by atoms with Crippen LogP contribution in [0.3, 0.4) is 0 Å². The van der Waals surface area contributed by atoms with Crippen molar-refractivity contribution >= 4 is 29.2 Å². The third-order valence-corrected chi connectivity index (χ3v) is 4.20. The van der Waals surface area contributed by atoms with Crippen LogP contribution in [0, 0.1) is 0 Å². The predicted octanol–water partition coefficient (Wildman–Crippen LogP) is 4.43. The van der Waals surface area contributed by atoms with Crippen LogP contribution < -0.4 is 5.32 Å². The van der Waals surface area contributed by atoms with Crippen LogP contribution in [0.25, 0.3) is 0 Å². The molecule has 1 aromatic heterocycles. The number of nitrogens with one attached hydrogen (secondary N) is 1. The number of hydrogen-bond donors (Lipinski definition) is 1. The Morgan fingerprint density at radius 2 is 1.92 bits per heavy atom. The number of hydrogen-bond acceptors (Lipinski definition) is 4. The van der Waals surface area contributed by atoms with E-state index in [4.69, 9.17) is 16.3 Å². The Labute approximate surface area is 152 Å². The van der Waals surface area contributed by atoms with Gasteiger partial charge in [-0.1, -0.05) is 43.6 Å². The second-order valence-corrected chi connectivity index (χ2v) is 6.19. The maximum Gasteiger partial charge on any atom is 0.340 e. The van der Waals surface area contributed by atoms with Gasteiger partial charge in [-0.25, -0.2) is 9.78 Å². The Bertz CT molecular complexity index is 747. The van der Waals surface area contributed by atoms with E-state index < -0.39 is 12.1 Å². The highest BCUT2D eigenvalue weighted by Gasteiger charge is 2.20. The molecule has 2 rings (SSSR count). The van der Waals surface area contributed by atoms with Gasteiger partial charge in [0, 0.05) is 11.9 Å². The number of carbonyl (C=O) groups is 2. The van der Waals surface area contributed by atoms with Crippen molar-refractivity contribution in [3.63, 3.8) is 0 Å². The van der Waals surface area contributed by atoms with Crippen LogP contribution in [0.1, 0.15) is 49.0 Å². The molecule has 2 atom stereocenters. The summed E-state index contributed by atoms with van der Waals surface area (Å²) in [5, 5.41) is 3.12. The molecule has 0 aliphatic rings. The van der Waals surface area contributed by atoms with E-state index in [1.165, 1.54) is 25.3 Å². The lowest BCUT2D eigenvalue weighted by molar-refractivity contribution is -0.123. The summed E-state index contributed by atoms with van der Waals surface area (Å²) in [7, 11) is 0. The Kier molecular flexibility index (Phi) is 6.53. The number of para-hydroxylation sites is 1. The van der Waals surface area contributed by atoms with E-state index in [1.54, 1.807) is 0 Å². The normalized spacial score (nSPS) is 13.0. The van der Waals surface area contributed by atoms with Gasteiger partial charge in [0.25, 0.3) is 5.91 Å². The quantitative estimate of drug-likeness (QED) is 0.611. The van der Waals surface area contributed by atoms with Crippen LogP contribution in [0.15, 0.2) is 42.6 Å². The minimum atomic E-state index is -0.937. The molecule has 0 radical (unpaired) electrons. The van der Waals surface area contributed by atoms with Gasteiger partial charge in [0.15, 0.2) is 6.10 Å². The molecular formula is C19H21ClN2O3. The number of pyridine rings is 1. The number of anilines is 1. The number of halogens is 1. The summed E-state index contributed by atoms with van der Waals surface area (Å²) in [5.74, 6) is -0.692. The molecule has 5 nitrogen and oxygen atoms in total. The summed E-state index contributed by atoms with van der Waals surface area (Å²) < 4.78 is 5.20. The molecule has 1 N–H and O–H groups in total. The lowest BCUT2D eigenvalue weighted by Gasteiger charge is -2.18. The van der Waals surface area contributed by atoms with E-state index >= 15 is 0 Å². The van der Waals surface area contributed by atoms with Crippen molar-refractivity contribution in [1.29, 1.82) is 0 Å². The Hall–Kier alpha value is -2.40. The van der Waals surface area contributed by atoms with Gasteiger partial charge in [-0.05, 0) is 43.0 Å². The number of ether oxygens (including phenoxy) is 1. The van der Waals surface area contributed by atoms with E-state index in [0.29, 0.717) is 5.92 Å². The summed E-state index contributed by atoms with van der Waals surface area (Å²) in [5.41, 5.74) is 2.03. The smallest absolute Gasteiger partial charge is 0.340 e. The first-order chi connectivity index (χ1) is 11.9. The van der Waals surface area contributed by atoms with Crippen molar-refractivity contribution in [2.75, 3.05) is 5.32 Å². The molecular weight excluding hydrogens is 340 g/mol. The fourth-order valence-corrected chi connectivity index (χ4v) is 2.39. The van der Waals surface area contributed by atoms with E-state index in [-0.39, 0.29) is 16.6 Å². The van der Waals surface area contributed by atoms with Crippen molar-refractivity contribution in [3.05, 3.63) is 58.9 Å². The highest BCUT2D eigenvalue weighted by molar-refractivity contribution is 6.29. The SMILES string of the molecule is CC[C@H](C)c1ccccc1NC(=O)[C@@H](C)OC(=O)c1ccc(Cl)nc1. The molecule has 1 aromatic carbocycles. The zero-order valence-electron chi connectivity index (χ0n) is 14.5. The minimum absolute atomic E-state index is 0.240. The number of amides is 1. The maximum absolute atomic E-state index is 12.4. The molecule has 0 fully saturated rings. The largest absolute Gasteiger partial charge is 0.449 e. The molecule has 132 valence electrons. The molecule has 0 unspecified atom stereocenters.